The van der Waals surface area contributed by atoms with Gasteiger partial charge in [-0.3, -0.25) is 4.98 Å². The summed E-state index contributed by atoms with van der Waals surface area (Å²) in [5.74, 6) is 1.67. The molecule has 0 aromatic carbocycles. The lowest BCUT2D eigenvalue weighted by Gasteiger charge is -2.02. The number of aromatic nitrogens is 6. The molecular weight excluding hydrogens is 312 g/mol. The largest absolute Gasteiger partial charge is 0.304 e. The maximum atomic E-state index is 4.97. The SMILES string of the molecule is Cc1ccn2c(C)c(C3CC3c3nc4cncc(C)n4n3)nc2c1C. The molecule has 0 aliphatic heterocycles. The fourth-order valence-electron chi connectivity index (χ4n) is 3.71. The third-order valence-electron chi connectivity index (χ3n) is 5.49. The van der Waals surface area contributed by atoms with Crippen LogP contribution in [0.5, 0.6) is 0 Å². The van der Waals surface area contributed by atoms with E-state index in [-0.39, 0.29) is 0 Å². The fraction of sp³-hybridized carbons (Fsp3) is 0.368. The van der Waals surface area contributed by atoms with Gasteiger partial charge in [0.1, 0.15) is 5.65 Å². The van der Waals surface area contributed by atoms with Gasteiger partial charge in [0.2, 0.25) is 0 Å². The van der Waals surface area contributed by atoms with Gasteiger partial charge in [-0.05, 0) is 51.3 Å². The van der Waals surface area contributed by atoms with Crippen molar-refractivity contribution >= 4 is 11.3 Å². The van der Waals surface area contributed by atoms with Crippen LogP contribution in [0.4, 0.5) is 0 Å². The third kappa shape index (κ3) is 2.03. The second kappa shape index (κ2) is 4.88. The molecule has 0 saturated heterocycles. The molecule has 1 aliphatic carbocycles. The van der Waals surface area contributed by atoms with E-state index in [1.807, 2.05) is 17.6 Å². The van der Waals surface area contributed by atoms with Gasteiger partial charge in [-0.2, -0.15) is 5.10 Å². The van der Waals surface area contributed by atoms with Gasteiger partial charge in [-0.1, -0.05) is 0 Å². The quantitative estimate of drug-likeness (QED) is 0.565. The lowest BCUT2D eigenvalue weighted by Crippen LogP contribution is -1.95. The van der Waals surface area contributed by atoms with E-state index in [0.29, 0.717) is 11.8 Å². The average molecular weight is 332 g/mol. The van der Waals surface area contributed by atoms with E-state index in [0.717, 1.165) is 29.2 Å². The van der Waals surface area contributed by atoms with Gasteiger partial charge >= 0.3 is 0 Å². The van der Waals surface area contributed by atoms with Crippen molar-refractivity contribution in [3.05, 3.63) is 58.7 Å². The van der Waals surface area contributed by atoms with Gasteiger partial charge < -0.3 is 4.40 Å². The smallest absolute Gasteiger partial charge is 0.174 e. The Morgan fingerprint density at radius 2 is 1.88 bits per heavy atom. The number of nitrogens with zero attached hydrogens (tertiary/aromatic N) is 6. The highest BCUT2D eigenvalue weighted by Crippen LogP contribution is 2.54. The summed E-state index contributed by atoms with van der Waals surface area (Å²) in [5.41, 5.74) is 7.84. The van der Waals surface area contributed by atoms with Crippen molar-refractivity contribution in [2.24, 2.45) is 0 Å². The molecule has 6 nitrogen and oxygen atoms in total. The summed E-state index contributed by atoms with van der Waals surface area (Å²) in [5, 5.41) is 4.70. The highest BCUT2D eigenvalue weighted by Gasteiger charge is 2.45. The molecular formula is C19H20N6. The van der Waals surface area contributed by atoms with E-state index >= 15 is 0 Å². The van der Waals surface area contributed by atoms with Crippen LogP contribution in [0.1, 0.15) is 52.3 Å². The van der Waals surface area contributed by atoms with E-state index in [2.05, 4.69) is 47.4 Å². The Kier molecular flexibility index (Phi) is 2.84. The summed E-state index contributed by atoms with van der Waals surface area (Å²) < 4.78 is 4.08. The molecule has 4 heterocycles. The summed E-state index contributed by atoms with van der Waals surface area (Å²) in [7, 11) is 0. The summed E-state index contributed by atoms with van der Waals surface area (Å²) in [6.45, 7) is 8.44. The highest BCUT2D eigenvalue weighted by molar-refractivity contribution is 5.54. The molecule has 1 aliphatic rings. The van der Waals surface area contributed by atoms with E-state index < -0.39 is 0 Å². The number of hydrogen-bond acceptors (Lipinski definition) is 4. The van der Waals surface area contributed by atoms with Crippen molar-refractivity contribution in [2.75, 3.05) is 0 Å². The molecule has 1 fully saturated rings. The first kappa shape index (κ1) is 14.6. The molecule has 0 bridgehead atoms. The molecule has 4 aromatic rings. The number of rotatable bonds is 2. The Hall–Kier alpha value is -2.76. The zero-order chi connectivity index (χ0) is 17.3. The average Bonchev–Trinajstić information content (AvgIpc) is 3.13. The minimum Gasteiger partial charge on any atom is -0.304 e. The molecule has 2 unspecified atom stereocenters. The summed E-state index contributed by atoms with van der Waals surface area (Å²) in [4.78, 5) is 13.9. The Balaban J connectivity index is 1.55. The minimum absolute atomic E-state index is 0.351. The van der Waals surface area contributed by atoms with Crippen LogP contribution in [-0.4, -0.2) is 29.0 Å². The Labute approximate surface area is 145 Å². The molecule has 1 saturated carbocycles. The summed E-state index contributed by atoms with van der Waals surface area (Å²) in [6.07, 6.45) is 6.77. The van der Waals surface area contributed by atoms with E-state index in [1.54, 1.807) is 6.20 Å². The zero-order valence-electron chi connectivity index (χ0n) is 14.9. The Morgan fingerprint density at radius 1 is 1.04 bits per heavy atom. The minimum atomic E-state index is 0.351. The van der Waals surface area contributed by atoms with Gasteiger partial charge in [-0.25, -0.2) is 14.5 Å². The maximum Gasteiger partial charge on any atom is 0.174 e. The highest BCUT2D eigenvalue weighted by atomic mass is 15.3. The van der Waals surface area contributed by atoms with Crippen LogP contribution in [0.25, 0.3) is 11.3 Å². The van der Waals surface area contributed by atoms with E-state index in [4.69, 9.17) is 10.1 Å². The molecule has 6 heteroatoms. The second-order valence-electron chi connectivity index (χ2n) is 7.14. The normalized spacial score (nSPS) is 19.8. The topological polar surface area (TPSA) is 60.4 Å². The van der Waals surface area contributed by atoms with Gasteiger partial charge in [0.15, 0.2) is 11.5 Å². The standard InChI is InChI=1S/C19H20N6/c1-10-5-6-24-13(4)17(22-19(24)12(10)3)14-7-15(14)18-21-16-9-20-8-11(2)25(16)23-18/h5-6,8-9,14-15H,7H2,1-4H3. The van der Waals surface area contributed by atoms with Crippen molar-refractivity contribution in [3.63, 3.8) is 0 Å². The molecule has 25 heavy (non-hydrogen) atoms. The molecule has 4 aromatic heterocycles. The lowest BCUT2D eigenvalue weighted by atomic mass is 10.2. The predicted octanol–water partition coefficient (Wildman–Crippen LogP) is 3.28. The fourth-order valence-corrected chi connectivity index (χ4v) is 3.71. The third-order valence-corrected chi connectivity index (χ3v) is 5.49. The number of fused-ring (bicyclic) bond motifs is 2. The molecule has 0 spiro atoms. The van der Waals surface area contributed by atoms with Crippen molar-refractivity contribution in [1.82, 2.24) is 29.0 Å². The van der Waals surface area contributed by atoms with Crippen LogP contribution in [0, 0.1) is 27.7 Å². The van der Waals surface area contributed by atoms with Gasteiger partial charge in [-0.15, -0.1) is 0 Å². The van der Waals surface area contributed by atoms with Crippen molar-refractivity contribution in [1.29, 1.82) is 0 Å². The van der Waals surface area contributed by atoms with Crippen molar-refractivity contribution in [3.8, 4) is 0 Å². The van der Waals surface area contributed by atoms with Crippen LogP contribution in [0.2, 0.25) is 0 Å². The second-order valence-corrected chi connectivity index (χ2v) is 7.14. The number of aryl methyl sites for hydroxylation is 4. The maximum absolute atomic E-state index is 4.97. The monoisotopic (exact) mass is 332 g/mol. The van der Waals surface area contributed by atoms with Crippen LogP contribution >= 0.6 is 0 Å². The van der Waals surface area contributed by atoms with Gasteiger partial charge in [0.25, 0.3) is 0 Å². The van der Waals surface area contributed by atoms with Gasteiger partial charge in [0.05, 0.1) is 17.6 Å². The predicted molar refractivity (Wildman–Crippen MR) is 95.0 cm³/mol. The van der Waals surface area contributed by atoms with Crippen LogP contribution in [0.15, 0.2) is 24.7 Å². The number of imidazole rings is 1. The molecule has 0 N–H and O–H groups in total. The van der Waals surface area contributed by atoms with Crippen molar-refractivity contribution < 1.29 is 0 Å². The number of hydrogen-bond donors (Lipinski definition) is 0. The Morgan fingerprint density at radius 3 is 2.68 bits per heavy atom. The number of pyridine rings is 1. The molecule has 0 amide bonds. The molecule has 5 rings (SSSR count). The van der Waals surface area contributed by atoms with E-state index in [1.165, 1.54) is 22.5 Å². The first-order chi connectivity index (χ1) is 12.0. The van der Waals surface area contributed by atoms with Crippen LogP contribution < -0.4 is 0 Å². The first-order valence-electron chi connectivity index (χ1n) is 8.66. The first-order valence-corrected chi connectivity index (χ1v) is 8.66. The molecule has 2 atom stereocenters. The lowest BCUT2D eigenvalue weighted by molar-refractivity contribution is 0.829. The van der Waals surface area contributed by atoms with Crippen LogP contribution in [0.3, 0.4) is 0 Å². The molecule has 126 valence electrons. The van der Waals surface area contributed by atoms with Gasteiger partial charge in [0, 0.05) is 29.9 Å². The summed E-state index contributed by atoms with van der Waals surface area (Å²) in [6, 6.07) is 2.16. The summed E-state index contributed by atoms with van der Waals surface area (Å²) >= 11 is 0. The Bertz CT molecular complexity index is 1140. The molecule has 0 radical (unpaired) electrons. The van der Waals surface area contributed by atoms with Crippen molar-refractivity contribution in [2.45, 2.75) is 46.0 Å². The zero-order valence-corrected chi connectivity index (χ0v) is 14.9. The van der Waals surface area contributed by atoms with Crippen LogP contribution in [-0.2, 0) is 0 Å². The van der Waals surface area contributed by atoms with E-state index in [9.17, 15) is 0 Å².